The lowest BCUT2D eigenvalue weighted by molar-refractivity contribution is 0.683. The molecule has 0 fully saturated rings. The Morgan fingerprint density at radius 2 is 2.15 bits per heavy atom. The van der Waals surface area contributed by atoms with Crippen LogP contribution in [0.2, 0.25) is 5.02 Å². The Labute approximate surface area is 126 Å². The largest absolute Gasteiger partial charge is 0.312 e. The summed E-state index contributed by atoms with van der Waals surface area (Å²) < 4.78 is 0. The quantitative estimate of drug-likeness (QED) is 0.731. The molecule has 0 unspecified atom stereocenters. The SMILES string of the molecule is Clc1ccc(CNCCc2cscn2)c2ncccc12. The van der Waals surface area contributed by atoms with Gasteiger partial charge in [-0.2, -0.15) is 0 Å². The van der Waals surface area contributed by atoms with Gasteiger partial charge in [-0.3, -0.25) is 4.98 Å². The Kier molecular flexibility index (Phi) is 4.25. The number of nitrogens with zero attached hydrogens (tertiary/aromatic N) is 2. The summed E-state index contributed by atoms with van der Waals surface area (Å²) in [5, 5.41) is 7.27. The van der Waals surface area contributed by atoms with Gasteiger partial charge < -0.3 is 5.32 Å². The Balaban J connectivity index is 1.67. The zero-order valence-corrected chi connectivity index (χ0v) is 12.4. The first-order chi connectivity index (χ1) is 9.84. The van der Waals surface area contributed by atoms with E-state index < -0.39 is 0 Å². The topological polar surface area (TPSA) is 37.8 Å². The summed E-state index contributed by atoms with van der Waals surface area (Å²) in [6.45, 7) is 1.69. The summed E-state index contributed by atoms with van der Waals surface area (Å²) in [4.78, 5) is 8.71. The predicted molar refractivity (Wildman–Crippen MR) is 84.3 cm³/mol. The van der Waals surface area contributed by atoms with E-state index >= 15 is 0 Å². The third kappa shape index (κ3) is 2.98. The Bertz CT molecular complexity index is 697. The lowest BCUT2D eigenvalue weighted by Gasteiger charge is -2.08. The monoisotopic (exact) mass is 303 g/mol. The number of halogens is 1. The van der Waals surface area contributed by atoms with E-state index in [1.165, 1.54) is 5.56 Å². The molecule has 102 valence electrons. The minimum absolute atomic E-state index is 0.749. The smallest absolute Gasteiger partial charge is 0.0794 e. The Morgan fingerprint density at radius 1 is 1.20 bits per heavy atom. The van der Waals surface area contributed by atoms with Crippen LogP contribution in [0.3, 0.4) is 0 Å². The highest BCUT2D eigenvalue weighted by molar-refractivity contribution is 7.07. The van der Waals surface area contributed by atoms with Crippen molar-refractivity contribution in [2.75, 3.05) is 6.54 Å². The zero-order valence-electron chi connectivity index (χ0n) is 10.8. The van der Waals surface area contributed by atoms with Crippen LogP contribution in [-0.4, -0.2) is 16.5 Å². The zero-order chi connectivity index (χ0) is 13.8. The maximum Gasteiger partial charge on any atom is 0.0794 e. The van der Waals surface area contributed by atoms with Crippen molar-refractivity contribution in [3.8, 4) is 0 Å². The van der Waals surface area contributed by atoms with Crippen molar-refractivity contribution in [3.05, 3.63) is 57.6 Å². The van der Waals surface area contributed by atoms with Crippen LogP contribution >= 0.6 is 22.9 Å². The van der Waals surface area contributed by atoms with Crippen LogP contribution in [0.25, 0.3) is 10.9 Å². The molecule has 3 nitrogen and oxygen atoms in total. The van der Waals surface area contributed by atoms with Crippen molar-refractivity contribution >= 4 is 33.8 Å². The maximum absolute atomic E-state index is 6.19. The highest BCUT2D eigenvalue weighted by Crippen LogP contribution is 2.24. The first-order valence-corrected chi connectivity index (χ1v) is 7.76. The van der Waals surface area contributed by atoms with E-state index in [1.54, 1.807) is 17.5 Å². The number of pyridine rings is 1. The van der Waals surface area contributed by atoms with Crippen LogP contribution in [0.5, 0.6) is 0 Å². The second kappa shape index (κ2) is 6.31. The molecule has 1 aromatic carbocycles. The highest BCUT2D eigenvalue weighted by Gasteiger charge is 2.05. The molecule has 0 amide bonds. The fourth-order valence-electron chi connectivity index (χ4n) is 2.14. The van der Waals surface area contributed by atoms with Crippen LogP contribution < -0.4 is 5.32 Å². The Morgan fingerprint density at radius 3 is 3.00 bits per heavy atom. The lowest BCUT2D eigenvalue weighted by Crippen LogP contribution is -2.17. The first kappa shape index (κ1) is 13.5. The average Bonchev–Trinajstić information content (AvgIpc) is 2.99. The van der Waals surface area contributed by atoms with Gasteiger partial charge in [-0.1, -0.05) is 17.7 Å². The molecule has 0 aliphatic rings. The fourth-order valence-corrected chi connectivity index (χ4v) is 2.95. The normalized spacial score (nSPS) is 11.1. The van der Waals surface area contributed by atoms with E-state index in [0.29, 0.717) is 0 Å². The molecule has 5 heteroatoms. The van der Waals surface area contributed by atoms with Crippen molar-refractivity contribution in [2.45, 2.75) is 13.0 Å². The maximum atomic E-state index is 6.19. The van der Waals surface area contributed by atoms with Crippen molar-refractivity contribution in [3.63, 3.8) is 0 Å². The summed E-state index contributed by atoms with van der Waals surface area (Å²) >= 11 is 7.82. The van der Waals surface area contributed by atoms with Crippen LogP contribution in [0, 0.1) is 0 Å². The van der Waals surface area contributed by atoms with Gasteiger partial charge in [0.1, 0.15) is 0 Å². The van der Waals surface area contributed by atoms with Crippen molar-refractivity contribution in [2.24, 2.45) is 0 Å². The second-order valence-corrected chi connectivity index (χ2v) is 5.64. The van der Waals surface area contributed by atoms with Crippen LogP contribution in [0.15, 0.2) is 41.4 Å². The number of aromatic nitrogens is 2. The third-order valence-electron chi connectivity index (χ3n) is 3.16. The average molecular weight is 304 g/mol. The van der Waals surface area contributed by atoms with Gasteiger partial charge in [-0.15, -0.1) is 11.3 Å². The number of rotatable bonds is 5. The minimum Gasteiger partial charge on any atom is -0.312 e. The second-order valence-electron chi connectivity index (χ2n) is 4.51. The van der Waals surface area contributed by atoms with E-state index in [0.717, 1.165) is 41.1 Å². The number of hydrogen-bond acceptors (Lipinski definition) is 4. The van der Waals surface area contributed by atoms with Crippen LogP contribution in [0.1, 0.15) is 11.3 Å². The molecule has 0 spiro atoms. The molecule has 3 aromatic rings. The lowest BCUT2D eigenvalue weighted by atomic mass is 10.1. The molecule has 2 heterocycles. The van der Waals surface area contributed by atoms with Crippen molar-refractivity contribution in [1.82, 2.24) is 15.3 Å². The molecular formula is C15H14ClN3S. The van der Waals surface area contributed by atoms with Gasteiger partial charge in [-0.05, 0) is 23.8 Å². The van der Waals surface area contributed by atoms with E-state index in [9.17, 15) is 0 Å². The molecule has 1 N–H and O–H groups in total. The van der Waals surface area contributed by atoms with Gasteiger partial charge in [0, 0.05) is 41.5 Å². The van der Waals surface area contributed by atoms with E-state index in [4.69, 9.17) is 11.6 Å². The summed E-state index contributed by atoms with van der Waals surface area (Å²) in [5.41, 5.74) is 5.15. The van der Waals surface area contributed by atoms with Gasteiger partial charge in [0.25, 0.3) is 0 Å². The molecule has 0 radical (unpaired) electrons. The third-order valence-corrected chi connectivity index (χ3v) is 4.12. The van der Waals surface area contributed by atoms with E-state index in [1.807, 2.05) is 29.8 Å². The molecule has 0 aliphatic carbocycles. The number of hydrogen-bond donors (Lipinski definition) is 1. The number of thiazole rings is 1. The molecule has 20 heavy (non-hydrogen) atoms. The van der Waals surface area contributed by atoms with Crippen LogP contribution in [0.4, 0.5) is 0 Å². The summed E-state index contributed by atoms with van der Waals surface area (Å²) in [6, 6.07) is 7.88. The van der Waals surface area contributed by atoms with E-state index in [-0.39, 0.29) is 0 Å². The minimum atomic E-state index is 0.749. The summed E-state index contributed by atoms with van der Waals surface area (Å²) in [7, 11) is 0. The molecule has 0 saturated heterocycles. The number of benzene rings is 1. The highest BCUT2D eigenvalue weighted by atomic mass is 35.5. The molecule has 0 bridgehead atoms. The molecule has 0 saturated carbocycles. The van der Waals surface area contributed by atoms with Gasteiger partial charge >= 0.3 is 0 Å². The Hall–Kier alpha value is -1.49. The molecule has 0 aliphatic heterocycles. The predicted octanol–water partition coefficient (Wildman–Crippen LogP) is 3.68. The molecular weight excluding hydrogens is 290 g/mol. The van der Waals surface area contributed by atoms with Crippen molar-refractivity contribution in [1.29, 1.82) is 0 Å². The standard InChI is InChI=1S/C15H14ClN3S/c16-14-4-3-11(15-13(14)2-1-6-18-15)8-17-7-5-12-9-20-10-19-12/h1-4,6,9-10,17H,5,7-8H2. The van der Waals surface area contributed by atoms with Gasteiger partial charge in [0.2, 0.25) is 0 Å². The van der Waals surface area contributed by atoms with Crippen molar-refractivity contribution < 1.29 is 0 Å². The van der Waals surface area contributed by atoms with Gasteiger partial charge in [0.15, 0.2) is 0 Å². The summed E-state index contributed by atoms with van der Waals surface area (Å²) in [6.07, 6.45) is 2.75. The fraction of sp³-hybridized carbons (Fsp3) is 0.200. The number of nitrogens with one attached hydrogen (secondary N) is 1. The summed E-state index contributed by atoms with van der Waals surface area (Å²) in [5.74, 6) is 0. The molecule has 3 rings (SSSR count). The van der Waals surface area contributed by atoms with Gasteiger partial charge in [-0.25, -0.2) is 4.98 Å². The van der Waals surface area contributed by atoms with Crippen LogP contribution in [-0.2, 0) is 13.0 Å². The van der Waals surface area contributed by atoms with E-state index in [2.05, 4.69) is 20.7 Å². The molecule has 2 aromatic heterocycles. The first-order valence-electron chi connectivity index (χ1n) is 6.44. The van der Waals surface area contributed by atoms with Gasteiger partial charge in [0.05, 0.1) is 16.7 Å². The molecule has 0 atom stereocenters. The number of fused-ring (bicyclic) bond motifs is 1.